The highest BCUT2D eigenvalue weighted by Crippen LogP contribution is 2.29. The summed E-state index contributed by atoms with van der Waals surface area (Å²) in [5.74, 6) is 2.56. The minimum atomic E-state index is -0.0169. The van der Waals surface area contributed by atoms with E-state index in [2.05, 4.69) is 0 Å². The van der Waals surface area contributed by atoms with Crippen LogP contribution in [0.25, 0.3) is 0 Å². The quantitative estimate of drug-likeness (QED) is 0.106. The number of hydrogen-bond acceptors (Lipinski definition) is 8. The van der Waals surface area contributed by atoms with Crippen molar-refractivity contribution in [3.8, 4) is 0 Å². The predicted molar refractivity (Wildman–Crippen MR) is 201 cm³/mol. The number of esters is 4. The molecular weight excluding hydrogens is 632 g/mol. The Labute approximate surface area is 306 Å². The van der Waals surface area contributed by atoms with Crippen LogP contribution < -0.4 is 0 Å². The lowest BCUT2D eigenvalue weighted by Gasteiger charge is -2.20. The van der Waals surface area contributed by atoms with Crippen LogP contribution in [-0.4, -0.2) is 50.3 Å². The molecule has 0 heterocycles. The van der Waals surface area contributed by atoms with Gasteiger partial charge in [-0.25, -0.2) is 0 Å². The molecular formula is C42H76O8. The maximum Gasteiger partial charge on any atom is 0.306 e. The summed E-state index contributed by atoms with van der Waals surface area (Å²) in [6, 6.07) is 0. The van der Waals surface area contributed by atoms with Crippen LogP contribution in [0.2, 0.25) is 0 Å². The molecule has 0 aromatic heterocycles. The molecule has 0 radical (unpaired) electrons. The second kappa shape index (κ2) is 31.6. The number of hydrogen-bond donors (Lipinski definition) is 0. The Kier molecular flexibility index (Phi) is 29.0. The van der Waals surface area contributed by atoms with Gasteiger partial charge in [0.1, 0.15) is 0 Å². The van der Waals surface area contributed by atoms with E-state index in [1.54, 1.807) is 0 Å². The fourth-order valence-electron chi connectivity index (χ4n) is 7.75. The highest BCUT2D eigenvalue weighted by atomic mass is 16.5. The molecule has 50 heavy (non-hydrogen) atoms. The van der Waals surface area contributed by atoms with Gasteiger partial charge in [0.05, 0.1) is 26.4 Å². The molecule has 4 saturated carbocycles. The first-order valence-electron chi connectivity index (χ1n) is 20.9. The van der Waals surface area contributed by atoms with Gasteiger partial charge < -0.3 is 18.9 Å². The third kappa shape index (κ3) is 25.8. The molecule has 0 atom stereocenters. The zero-order valence-corrected chi connectivity index (χ0v) is 32.8. The molecule has 4 fully saturated rings. The first kappa shape index (κ1) is 45.9. The van der Waals surface area contributed by atoms with E-state index in [4.69, 9.17) is 18.9 Å². The zero-order chi connectivity index (χ0) is 36.7. The van der Waals surface area contributed by atoms with E-state index in [1.165, 1.54) is 135 Å². The van der Waals surface area contributed by atoms with E-state index in [0.717, 1.165) is 12.3 Å². The molecule has 4 rings (SSSR count). The maximum absolute atomic E-state index is 11.2. The Hall–Kier alpha value is -2.12. The van der Waals surface area contributed by atoms with Gasteiger partial charge in [0.15, 0.2) is 0 Å². The monoisotopic (exact) mass is 709 g/mol. The summed E-state index contributed by atoms with van der Waals surface area (Å²) in [6.07, 6.45) is 30.9. The molecule has 0 saturated heterocycles. The Morgan fingerprint density at radius 3 is 0.900 bits per heavy atom. The van der Waals surface area contributed by atoms with Gasteiger partial charge >= 0.3 is 23.9 Å². The Bertz CT molecular complexity index is 846. The minimum Gasteiger partial charge on any atom is -0.466 e. The third-order valence-electron chi connectivity index (χ3n) is 10.5. The molecule has 0 N–H and O–H groups in total. The highest BCUT2D eigenvalue weighted by molar-refractivity contribution is 5.70. The zero-order valence-electron chi connectivity index (χ0n) is 32.8. The topological polar surface area (TPSA) is 105 Å². The van der Waals surface area contributed by atoms with Gasteiger partial charge in [-0.05, 0) is 96.3 Å². The summed E-state index contributed by atoms with van der Waals surface area (Å²) < 4.78 is 19.6. The van der Waals surface area contributed by atoms with Gasteiger partial charge in [-0.15, -0.1) is 0 Å². The van der Waals surface area contributed by atoms with Crippen LogP contribution in [0, 0.1) is 23.7 Å². The lowest BCUT2D eigenvalue weighted by Crippen LogP contribution is -2.14. The fourth-order valence-corrected chi connectivity index (χ4v) is 7.75. The van der Waals surface area contributed by atoms with E-state index in [-0.39, 0.29) is 23.9 Å². The minimum absolute atomic E-state index is 0.00519. The summed E-state index contributed by atoms with van der Waals surface area (Å²) in [6.45, 7) is 9.52. The highest BCUT2D eigenvalue weighted by Gasteiger charge is 2.19. The van der Waals surface area contributed by atoms with Gasteiger partial charge in [0, 0.05) is 25.7 Å². The number of carbonyl (C=O) groups excluding carboxylic acids is 4. The van der Waals surface area contributed by atoms with Crippen molar-refractivity contribution in [1.82, 2.24) is 0 Å². The smallest absolute Gasteiger partial charge is 0.306 e. The van der Waals surface area contributed by atoms with Gasteiger partial charge in [0.25, 0.3) is 0 Å². The van der Waals surface area contributed by atoms with Crippen LogP contribution in [0.15, 0.2) is 0 Å². The van der Waals surface area contributed by atoms with E-state index >= 15 is 0 Å². The van der Waals surface area contributed by atoms with Crippen LogP contribution in [0.4, 0.5) is 0 Å². The van der Waals surface area contributed by atoms with Gasteiger partial charge in [-0.2, -0.15) is 0 Å². The molecule has 0 bridgehead atoms. The summed E-state index contributed by atoms with van der Waals surface area (Å²) in [5.41, 5.74) is 0. The Balaban J connectivity index is 0.000000335. The summed E-state index contributed by atoms with van der Waals surface area (Å²) in [4.78, 5) is 44.4. The van der Waals surface area contributed by atoms with Crippen molar-refractivity contribution >= 4 is 23.9 Å². The normalized spacial score (nSPS) is 19.0. The van der Waals surface area contributed by atoms with Gasteiger partial charge in [-0.3, -0.25) is 19.2 Å². The van der Waals surface area contributed by atoms with Crippen molar-refractivity contribution in [2.45, 2.75) is 195 Å². The van der Waals surface area contributed by atoms with E-state index in [1.807, 2.05) is 27.7 Å². The first-order chi connectivity index (χ1) is 24.3. The van der Waals surface area contributed by atoms with Crippen molar-refractivity contribution in [2.24, 2.45) is 23.7 Å². The molecule has 4 aliphatic carbocycles. The van der Waals surface area contributed by atoms with Crippen LogP contribution in [0.1, 0.15) is 195 Å². The maximum atomic E-state index is 11.2. The average Bonchev–Trinajstić information content (AvgIpc) is 3.29. The van der Waals surface area contributed by atoms with Gasteiger partial charge in [0.2, 0.25) is 0 Å². The SMILES string of the molecule is CCOC(=O)CC1CCCC1.CCOC(=O)CC1CCCCC1.CCOC(=O)CC1CCCCCC1.CCOC(=O)CCC1CCCCCC1. The third-order valence-corrected chi connectivity index (χ3v) is 10.5. The van der Waals surface area contributed by atoms with Crippen molar-refractivity contribution in [2.75, 3.05) is 26.4 Å². The molecule has 0 aliphatic heterocycles. The summed E-state index contributed by atoms with van der Waals surface area (Å²) in [7, 11) is 0. The van der Waals surface area contributed by atoms with Crippen LogP contribution >= 0.6 is 0 Å². The number of carbonyl (C=O) groups is 4. The molecule has 0 aromatic rings. The van der Waals surface area contributed by atoms with Crippen molar-refractivity contribution in [1.29, 1.82) is 0 Å². The predicted octanol–water partition coefficient (Wildman–Crippen LogP) is 10.9. The summed E-state index contributed by atoms with van der Waals surface area (Å²) in [5, 5.41) is 0. The van der Waals surface area contributed by atoms with Crippen molar-refractivity contribution in [3.63, 3.8) is 0 Å². The first-order valence-corrected chi connectivity index (χ1v) is 20.9. The lowest BCUT2D eigenvalue weighted by atomic mass is 9.87. The molecule has 0 spiro atoms. The molecule has 0 aromatic carbocycles. The second-order valence-corrected chi connectivity index (χ2v) is 14.7. The Morgan fingerprint density at radius 2 is 0.600 bits per heavy atom. The standard InChI is InChI=1S/C12H22O2.C11H20O2.C10H18O2.C9H16O2/c1-2-14-12(13)10-9-11-7-5-3-4-6-8-11;1-2-13-11(12)9-10-7-5-3-4-6-8-10;1-2-12-10(11)8-9-6-4-3-5-7-9;1-2-11-9(10)7-8-5-3-4-6-8/h11H,2-10H2,1H3;10H,2-9H2,1H3;9H,2-8H2,1H3;8H,2-7H2,1H3. The lowest BCUT2D eigenvalue weighted by molar-refractivity contribution is -0.145. The Morgan fingerprint density at radius 1 is 0.360 bits per heavy atom. The van der Waals surface area contributed by atoms with Gasteiger partial charge in [-0.1, -0.05) is 96.3 Å². The van der Waals surface area contributed by atoms with E-state index < -0.39 is 0 Å². The largest absolute Gasteiger partial charge is 0.466 e. The van der Waals surface area contributed by atoms with Crippen molar-refractivity contribution < 1.29 is 38.1 Å². The number of ether oxygens (including phenoxy) is 4. The summed E-state index contributed by atoms with van der Waals surface area (Å²) >= 11 is 0. The van der Waals surface area contributed by atoms with Crippen molar-refractivity contribution in [3.05, 3.63) is 0 Å². The molecule has 8 nitrogen and oxygen atoms in total. The van der Waals surface area contributed by atoms with Crippen LogP contribution in [-0.2, 0) is 38.1 Å². The average molecular weight is 709 g/mol. The number of rotatable bonds is 13. The second-order valence-electron chi connectivity index (χ2n) is 14.7. The van der Waals surface area contributed by atoms with Crippen LogP contribution in [0.3, 0.4) is 0 Å². The molecule has 0 unspecified atom stereocenters. The van der Waals surface area contributed by atoms with E-state index in [0.29, 0.717) is 69.9 Å². The molecule has 0 amide bonds. The fraction of sp³-hybridized carbons (Fsp3) is 0.905. The van der Waals surface area contributed by atoms with E-state index in [9.17, 15) is 19.2 Å². The molecule has 4 aliphatic rings. The molecule has 292 valence electrons. The van der Waals surface area contributed by atoms with Crippen LogP contribution in [0.5, 0.6) is 0 Å². The molecule has 8 heteroatoms.